The lowest BCUT2D eigenvalue weighted by Crippen LogP contribution is -2.19. The van der Waals surface area contributed by atoms with E-state index in [0.717, 1.165) is 26.9 Å². The highest BCUT2D eigenvalue weighted by molar-refractivity contribution is 9.10. The summed E-state index contributed by atoms with van der Waals surface area (Å²) in [4.78, 5) is 17.7. The number of nitrogens with one attached hydrogen (secondary N) is 1. The number of methoxy groups -OCH3 is 1. The van der Waals surface area contributed by atoms with Crippen LogP contribution < -0.4 is 19.5 Å². The number of amidine groups is 1. The molecule has 8 heteroatoms. The normalized spacial score (nSPS) is 14.9. The summed E-state index contributed by atoms with van der Waals surface area (Å²) >= 11 is 4.82. The molecule has 1 amide bonds. The number of rotatable bonds is 9. The Bertz CT molecular complexity index is 1520. The highest BCUT2D eigenvalue weighted by atomic mass is 79.9. The van der Waals surface area contributed by atoms with Gasteiger partial charge in [0.1, 0.15) is 19.0 Å². The number of ether oxygens (including phenoxy) is 3. The Hall–Kier alpha value is -4.01. The highest BCUT2D eigenvalue weighted by Crippen LogP contribution is 2.33. The SMILES string of the molecule is COc1cc(COc2ccc(Br)cc2/C=C2/SC(=Nc3ccccc3)NC2=O)ccc1OCc1ccccc1. The monoisotopic (exact) mass is 600 g/mol. The smallest absolute Gasteiger partial charge is 0.264 e. The summed E-state index contributed by atoms with van der Waals surface area (Å²) in [6.45, 7) is 0.764. The Kier molecular flexibility index (Phi) is 8.65. The molecule has 5 rings (SSSR count). The minimum absolute atomic E-state index is 0.198. The van der Waals surface area contributed by atoms with Crippen molar-refractivity contribution in [2.24, 2.45) is 4.99 Å². The first-order valence-electron chi connectivity index (χ1n) is 12.2. The van der Waals surface area contributed by atoms with Crippen molar-refractivity contribution in [3.05, 3.63) is 123 Å². The van der Waals surface area contributed by atoms with Gasteiger partial charge in [0.2, 0.25) is 0 Å². The van der Waals surface area contributed by atoms with Crippen molar-refractivity contribution in [1.82, 2.24) is 5.32 Å². The van der Waals surface area contributed by atoms with Gasteiger partial charge in [-0.3, -0.25) is 4.79 Å². The minimum Gasteiger partial charge on any atom is -0.493 e. The summed E-state index contributed by atoms with van der Waals surface area (Å²) in [6, 6.07) is 30.9. The molecule has 1 heterocycles. The molecule has 0 aliphatic carbocycles. The van der Waals surface area contributed by atoms with Gasteiger partial charge in [-0.15, -0.1) is 0 Å². The molecule has 0 unspecified atom stereocenters. The first kappa shape index (κ1) is 26.6. The molecule has 0 radical (unpaired) electrons. The van der Waals surface area contributed by atoms with E-state index in [4.69, 9.17) is 14.2 Å². The van der Waals surface area contributed by atoms with E-state index in [1.54, 1.807) is 7.11 Å². The van der Waals surface area contributed by atoms with Crippen LogP contribution in [0.25, 0.3) is 6.08 Å². The number of amides is 1. The fourth-order valence-corrected chi connectivity index (χ4v) is 5.03. The number of aliphatic imine (C=N–C) groups is 1. The number of carbonyl (C=O) groups excluding carboxylic acids is 1. The third-order valence-corrected chi connectivity index (χ3v) is 7.16. The van der Waals surface area contributed by atoms with E-state index in [1.165, 1.54) is 11.8 Å². The van der Waals surface area contributed by atoms with Crippen LogP contribution in [-0.4, -0.2) is 18.2 Å². The van der Waals surface area contributed by atoms with Crippen LogP contribution >= 0.6 is 27.7 Å². The molecule has 39 heavy (non-hydrogen) atoms. The van der Waals surface area contributed by atoms with Crippen LogP contribution in [0.3, 0.4) is 0 Å². The molecule has 0 atom stereocenters. The maximum Gasteiger partial charge on any atom is 0.264 e. The van der Waals surface area contributed by atoms with Crippen molar-refractivity contribution in [3.8, 4) is 17.2 Å². The lowest BCUT2D eigenvalue weighted by Gasteiger charge is -2.14. The van der Waals surface area contributed by atoms with Gasteiger partial charge < -0.3 is 19.5 Å². The Morgan fingerprint density at radius 2 is 1.51 bits per heavy atom. The largest absolute Gasteiger partial charge is 0.493 e. The predicted octanol–water partition coefficient (Wildman–Crippen LogP) is 7.51. The minimum atomic E-state index is -0.198. The molecular formula is C31H25BrN2O4S. The Morgan fingerprint density at radius 3 is 2.28 bits per heavy atom. The van der Waals surface area contributed by atoms with Crippen molar-refractivity contribution in [1.29, 1.82) is 0 Å². The number of hydrogen-bond acceptors (Lipinski definition) is 6. The van der Waals surface area contributed by atoms with E-state index in [9.17, 15) is 4.79 Å². The van der Waals surface area contributed by atoms with E-state index in [2.05, 4.69) is 26.2 Å². The van der Waals surface area contributed by atoms with E-state index in [0.29, 0.717) is 40.5 Å². The van der Waals surface area contributed by atoms with Crippen LogP contribution in [0.2, 0.25) is 0 Å². The van der Waals surface area contributed by atoms with Crippen LogP contribution in [0, 0.1) is 0 Å². The van der Waals surface area contributed by atoms with Crippen molar-refractivity contribution < 1.29 is 19.0 Å². The fraction of sp³-hybridized carbons (Fsp3) is 0.0968. The molecule has 196 valence electrons. The van der Waals surface area contributed by atoms with E-state index < -0.39 is 0 Å². The lowest BCUT2D eigenvalue weighted by molar-refractivity contribution is -0.115. The number of carbonyl (C=O) groups is 1. The standard InChI is InChI=1S/C31H25BrN2O4S/c1-36-28-16-22(12-14-27(28)38-19-21-8-4-2-5-9-21)20-37-26-15-13-24(32)17-23(26)18-29-30(35)34-31(39-29)33-25-10-6-3-7-11-25/h2-18H,19-20H2,1H3,(H,33,34,35)/b29-18+. The average Bonchev–Trinajstić information content (AvgIpc) is 3.30. The van der Waals surface area contributed by atoms with Gasteiger partial charge >= 0.3 is 0 Å². The van der Waals surface area contributed by atoms with Gasteiger partial charge in [-0.2, -0.15) is 0 Å². The van der Waals surface area contributed by atoms with Gasteiger partial charge in [-0.25, -0.2) is 4.99 Å². The van der Waals surface area contributed by atoms with Gasteiger partial charge in [0.25, 0.3) is 5.91 Å². The first-order chi connectivity index (χ1) is 19.1. The van der Waals surface area contributed by atoms with Crippen LogP contribution in [0.5, 0.6) is 17.2 Å². The van der Waals surface area contributed by atoms with Crippen molar-refractivity contribution >= 4 is 50.5 Å². The molecule has 1 saturated heterocycles. The molecule has 0 saturated carbocycles. The lowest BCUT2D eigenvalue weighted by atomic mass is 10.1. The third kappa shape index (κ3) is 7.10. The van der Waals surface area contributed by atoms with E-state index in [1.807, 2.05) is 103 Å². The zero-order chi connectivity index (χ0) is 27.0. The summed E-state index contributed by atoms with van der Waals surface area (Å²) < 4.78 is 18.6. The zero-order valence-electron chi connectivity index (χ0n) is 21.1. The van der Waals surface area contributed by atoms with Crippen LogP contribution in [-0.2, 0) is 18.0 Å². The summed E-state index contributed by atoms with van der Waals surface area (Å²) in [5.41, 5.74) is 3.56. The van der Waals surface area contributed by atoms with Gasteiger partial charge in [0, 0.05) is 10.0 Å². The predicted molar refractivity (Wildman–Crippen MR) is 159 cm³/mol. The van der Waals surface area contributed by atoms with Gasteiger partial charge in [-0.05, 0) is 71.4 Å². The number of benzene rings is 4. The van der Waals surface area contributed by atoms with Gasteiger partial charge in [0.05, 0.1) is 17.7 Å². The summed E-state index contributed by atoms with van der Waals surface area (Å²) in [6.07, 6.45) is 1.81. The number of hydrogen-bond donors (Lipinski definition) is 1. The molecule has 1 fully saturated rings. The average molecular weight is 602 g/mol. The van der Waals surface area contributed by atoms with Gasteiger partial charge in [0.15, 0.2) is 16.7 Å². The highest BCUT2D eigenvalue weighted by Gasteiger charge is 2.24. The maximum atomic E-state index is 12.6. The second kappa shape index (κ2) is 12.7. The summed E-state index contributed by atoms with van der Waals surface area (Å²) in [5.74, 6) is 1.75. The first-order valence-corrected chi connectivity index (χ1v) is 13.8. The van der Waals surface area contributed by atoms with E-state index >= 15 is 0 Å². The molecule has 0 spiro atoms. The number of thioether (sulfide) groups is 1. The number of nitrogens with zero attached hydrogens (tertiary/aromatic N) is 1. The van der Waals surface area contributed by atoms with Crippen LogP contribution in [0.4, 0.5) is 5.69 Å². The fourth-order valence-electron chi connectivity index (χ4n) is 3.82. The Balaban J connectivity index is 1.29. The molecule has 1 N–H and O–H groups in total. The Morgan fingerprint density at radius 1 is 0.821 bits per heavy atom. The molecule has 1 aliphatic rings. The molecule has 1 aliphatic heterocycles. The molecule has 0 aromatic heterocycles. The van der Waals surface area contributed by atoms with Gasteiger partial charge in [-0.1, -0.05) is 70.5 Å². The van der Waals surface area contributed by atoms with Crippen molar-refractivity contribution in [2.75, 3.05) is 7.11 Å². The summed E-state index contributed by atoms with van der Waals surface area (Å²) in [5, 5.41) is 3.37. The topological polar surface area (TPSA) is 69.2 Å². The second-order valence-electron chi connectivity index (χ2n) is 8.55. The molecule has 4 aromatic carbocycles. The zero-order valence-corrected chi connectivity index (χ0v) is 23.5. The maximum absolute atomic E-state index is 12.6. The molecule has 4 aromatic rings. The third-order valence-electron chi connectivity index (χ3n) is 5.76. The Labute approximate surface area is 239 Å². The molecular weight excluding hydrogens is 576 g/mol. The second-order valence-corrected chi connectivity index (χ2v) is 10.5. The van der Waals surface area contributed by atoms with Crippen molar-refractivity contribution in [3.63, 3.8) is 0 Å². The van der Waals surface area contributed by atoms with E-state index in [-0.39, 0.29) is 5.91 Å². The molecule has 0 bridgehead atoms. The summed E-state index contributed by atoms with van der Waals surface area (Å²) in [7, 11) is 1.62. The van der Waals surface area contributed by atoms with Crippen molar-refractivity contribution in [2.45, 2.75) is 13.2 Å². The quantitative estimate of drug-likeness (QED) is 0.201. The van der Waals surface area contributed by atoms with Crippen LogP contribution in [0.1, 0.15) is 16.7 Å². The van der Waals surface area contributed by atoms with Crippen LogP contribution in [0.15, 0.2) is 111 Å². The molecule has 6 nitrogen and oxygen atoms in total. The number of halogens is 1. The number of para-hydroxylation sites is 1.